The number of anilines is 1. The van der Waals surface area contributed by atoms with Crippen molar-refractivity contribution in [2.75, 3.05) is 25.2 Å². The largest absolute Gasteiger partial charge is 0.457 e. The number of hydrogen-bond donors (Lipinski definition) is 4. The minimum Gasteiger partial charge on any atom is -0.457 e. The summed E-state index contributed by atoms with van der Waals surface area (Å²) in [5.41, 5.74) is 3.78. The Hall–Kier alpha value is -2.31. The number of carbonyl (C=O) groups is 1. The van der Waals surface area contributed by atoms with E-state index in [1.165, 1.54) is 12.1 Å². The number of rotatable bonds is 6. The molecule has 1 heterocycles. The van der Waals surface area contributed by atoms with Crippen LogP contribution in [0.5, 0.6) is 0 Å². The molecule has 12 heteroatoms. The molecule has 0 radical (unpaired) electrons. The molecule has 4 N–H and O–H groups in total. The van der Waals surface area contributed by atoms with E-state index in [-0.39, 0.29) is 18.1 Å². The number of amidine groups is 1. The maximum atomic E-state index is 12.4. The third-order valence-electron chi connectivity index (χ3n) is 3.35. The van der Waals surface area contributed by atoms with Crippen molar-refractivity contribution in [3.8, 4) is 0 Å². The van der Waals surface area contributed by atoms with E-state index >= 15 is 0 Å². The monoisotopic (exact) mass is 379 g/mol. The van der Waals surface area contributed by atoms with Crippen LogP contribution in [0.3, 0.4) is 0 Å². The molecule has 138 valence electrons. The molecule has 1 aromatic rings. The Morgan fingerprint density at radius 1 is 1.20 bits per heavy atom. The average molecular weight is 379 g/mol. The predicted molar refractivity (Wildman–Crippen MR) is 81.7 cm³/mol. The van der Waals surface area contributed by atoms with E-state index in [4.69, 9.17) is 4.74 Å². The minimum atomic E-state index is -4.69. The van der Waals surface area contributed by atoms with E-state index in [0.29, 0.717) is 0 Å². The van der Waals surface area contributed by atoms with E-state index in [0.717, 1.165) is 12.1 Å². The molecule has 0 aliphatic carbocycles. The third-order valence-corrected chi connectivity index (χ3v) is 4.74. The summed E-state index contributed by atoms with van der Waals surface area (Å²) in [7, 11) is -4.69. The molecule has 0 unspecified atom stereocenters. The number of hydrogen-bond acceptors (Lipinski definition) is 9. The molecule has 0 aromatic heterocycles. The van der Waals surface area contributed by atoms with Gasteiger partial charge in [-0.1, -0.05) is 0 Å². The van der Waals surface area contributed by atoms with Crippen molar-refractivity contribution in [3.63, 3.8) is 0 Å². The van der Waals surface area contributed by atoms with Crippen LogP contribution < -0.4 is 10.9 Å². The van der Waals surface area contributed by atoms with Crippen LogP contribution in [0.2, 0.25) is 0 Å². The molecule has 0 atom stereocenters. The molecule has 0 spiro atoms. The lowest BCUT2D eigenvalue weighted by Gasteiger charge is -2.29. The molecule has 0 amide bonds. The molecule has 2 rings (SSSR count). The predicted octanol–water partition coefficient (Wildman–Crippen LogP) is -0.722. The van der Waals surface area contributed by atoms with Crippen LogP contribution in [-0.2, 0) is 19.4 Å². The van der Waals surface area contributed by atoms with E-state index in [1.54, 1.807) is 0 Å². The summed E-state index contributed by atoms with van der Waals surface area (Å²) in [5.74, 6) is -4.68. The number of aliphatic hydroxyl groups excluding tert-OH is 2. The smallest absolute Gasteiger partial charge is 0.375 e. The van der Waals surface area contributed by atoms with Crippen molar-refractivity contribution < 1.29 is 36.9 Å². The van der Waals surface area contributed by atoms with Gasteiger partial charge < -0.3 is 14.9 Å². The Bertz CT molecular complexity index is 762. The van der Waals surface area contributed by atoms with Gasteiger partial charge in [-0.15, -0.1) is 0 Å². The summed E-state index contributed by atoms with van der Waals surface area (Å²) in [6.45, 7) is -1.39. The standard InChI is InChI=1S/C13H15F2N3O6S/c14-12(15)25(22,23)9-3-1-8(2-4-9)17-18-10-11(21)24-7-13(5-19,6-20)16-10/h1-4,12,17,19-20H,5-7H2,(H,16,18). The lowest BCUT2D eigenvalue weighted by molar-refractivity contribution is -0.140. The molecule has 1 aliphatic rings. The van der Waals surface area contributed by atoms with Gasteiger partial charge >= 0.3 is 11.7 Å². The van der Waals surface area contributed by atoms with Gasteiger partial charge in [-0.05, 0) is 24.3 Å². The molecule has 0 saturated carbocycles. The number of hydrazine groups is 1. The average Bonchev–Trinajstić information content (AvgIpc) is 2.61. The molecular formula is C13H15F2N3O6S. The third kappa shape index (κ3) is 4.03. The summed E-state index contributed by atoms with van der Waals surface area (Å²) < 4.78 is 52.3. The summed E-state index contributed by atoms with van der Waals surface area (Å²) in [5, 5.41) is 18.5. The second kappa shape index (κ2) is 7.29. The van der Waals surface area contributed by atoms with Crippen LogP contribution in [-0.4, -0.2) is 61.6 Å². The fourth-order valence-electron chi connectivity index (χ4n) is 1.84. The van der Waals surface area contributed by atoms with Crippen LogP contribution in [0, 0.1) is 0 Å². The zero-order valence-electron chi connectivity index (χ0n) is 12.6. The Labute approximate surface area is 141 Å². The maximum absolute atomic E-state index is 12.4. The number of sulfone groups is 1. The molecule has 9 nitrogen and oxygen atoms in total. The highest BCUT2D eigenvalue weighted by Gasteiger charge is 2.36. The van der Waals surface area contributed by atoms with Crippen molar-refractivity contribution in [3.05, 3.63) is 24.3 Å². The lowest BCUT2D eigenvalue weighted by atomic mass is 10.0. The number of aliphatic imine (C=N–C) groups is 1. The number of benzene rings is 1. The van der Waals surface area contributed by atoms with Crippen molar-refractivity contribution in [2.45, 2.75) is 16.2 Å². The number of nitrogens with zero attached hydrogens (tertiary/aromatic N) is 1. The first-order valence-electron chi connectivity index (χ1n) is 6.87. The Morgan fingerprint density at radius 3 is 2.32 bits per heavy atom. The van der Waals surface area contributed by atoms with Crippen LogP contribution in [0.4, 0.5) is 14.5 Å². The first kappa shape index (κ1) is 19.0. The van der Waals surface area contributed by atoms with Gasteiger partial charge in [-0.25, -0.2) is 18.2 Å². The number of carbonyl (C=O) groups excluding carboxylic acids is 1. The number of halogens is 2. The number of aliphatic hydroxyl groups is 2. The zero-order valence-corrected chi connectivity index (χ0v) is 13.5. The van der Waals surface area contributed by atoms with E-state index in [9.17, 15) is 32.2 Å². The summed E-state index contributed by atoms with van der Waals surface area (Å²) in [6.07, 6.45) is 0. The maximum Gasteiger partial charge on any atom is 0.375 e. The first-order valence-corrected chi connectivity index (χ1v) is 8.41. The van der Waals surface area contributed by atoms with Gasteiger partial charge in [0.15, 0.2) is 0 Å². The Morgan fingerprint density at radius 2 is 1.80 bits per heavy atom. The summed E-state index contributed by atoms with van der Waals surface area (Å²) in [4.78, 5) is 15.0. The van der Waals surface area contributed by atoms with Crippen LogP contribution in [0.25, 0.3) is 0 Å². The minimum absolute atomic E-state index is 0.243. The van der Waals surface area contributed by atoms with Gasteiger partial charge in [-0.2, -0.15) is 8.78 Å². The number of esters is 1. The quantitative estimate of drug-likeness (QED) is 0.375. The Kier molecular flexibility index (Phi) is 5.55. The first-order chi connectivity index (χ1) is 11.7. The SMILES string of the molecule is O=C1OCC(CO)(CO)N=C1NNc1ccc(S(=O)(=O)C(F)F)cc1. The molecule has 25 heavy (non-hydrogen) atoms. The van der Waals surface area contributed by atoms with Crippen LogP contribution in [0.15, 0.2) is 34.2 Å². The number of nitrogens with one attached hydrogen (secondary N) is 2. The highest BCUT2D eigenvalue weighted by atomic mass is 32.2. The van der Waals surface area contributed by atoms with Gasteiger partial charge in [0, 0.05) is 0 Å². The van der Waals surface area contributed by atoms with Gasteiger partial charge in [0.25, 0.3) is 0 Å². The second-order valence-corrected chi connectivity index (χ2v) is 7.07. The van der Waals surface area contributed by atoms with Crippen LogP contribution >= 0.6 is 0 Å². The van der Waals surface area contributed by atoms with E-state index in [2.05, 4.69) is 15.8 Å². The van der Waals surface area contributed by atoms with Gasteiger partial charge in [0.05, 0.1) is 23.8 Å². The summed E-state index contributed by atoms with van der Waals surface area (Å²) >= 11 is 0. The van der Waals surface area contributed by atoms with Crippen molar-refractivity contribution in [2.24, 2.45) is 4.99 Å². The van der Waals surface area contributed by atoms with E-state index in [1.807, 2.05) is 0 Å². The normalized spacial score (nSPS) is 17.0. The highest BCUT2D eigenvalue weighted by Crippen LogP contribution is 2.20. The fourth-order valence-corrected chi connectivity index (χ4v) is 2.56. The van der Waals surface area contributed by atoms with Crippen molar-refractivity contribution in [1.29, 1.82) is 0 Å². The fraction of sp³-hybridized carbons (Fsp3) is 0.385. The van der Waals surface area contributed by atoms with Crippen molar-refractivity contribution >= 4 is 27.3 Å². The Balaban J connectivity index is 2.11. The van der Waals surface area contributed by atoms with Crippen molar-refractivity contribution in [1.82, 2.24) is 5.43 Å². The molecule has 0 bridgehead atoms. The number of ether oxygens (including phenoxy) is 1. The van der Waals surface area contributed by atoms with Crippen LogP contribution in [0.1, 0.15) is 0 Å². The topological polar surface area (TPSA) is 137 Å². The van der Waals surface area contributed by atoms with Gasteiger partial charge in [-0.3, -0.25) is 10.9 Å². The molecule has 1 aromatic carbocycles. The molecule has 1 aliphatic heterocycles. The summed E-state index contributed by atoms with van der Waals surface area (Å²) in [6, 6.07) is 4.33. The molecule has 0 fully saturated rings. The number of cyclic esters (lactones) is 1. The zero-order chi connectivity index (χ0) is 18.7. The lowest BCUT2D eigenvalue weighted by Crippen LogP contribution is -2.51. The highest BCUT2D eigenvalue weighted by molar-refractivity contribution is 7.91. The second-order valence-electron chi connectivity index (χ2n) is 5.16. The molecular weight excluding hydrogens is 364 g/mol. The number of alkyl halides is 2. The van der Waals surface area contributed by atoms with Gasteiger partial charge in [0.2, 0.25) is 15.7 Å². The molecule has 0 saturated heterocycles. The van der Waals surface area contributed by atoms with Gasteiger partial charge in [0.1, 0.15) is 12.1 Å². The van der Waals surface area contributed by atoms with E-state index < -0.39 is 45.2 Å².